The van der Waals surface area contributed by atoms with Crippen LogP contribution in [-0.2, 0) is 17.7 Å². The van der Waals surface area contributed by atoms with Gasteiger partial charge in [-0.3, -0.25) is 0 Å². The molecular formula is C17H25N3O2S. The smallest absolute Gasteiger partial charge is 0.315 e. The van der Waals surface area contributed by atoms with Crippen molar-refractivity contribution in [1.29, 1.82) is 0 Å². The number of carbonyl (C=O) groups excluding carboxylic acids is 1. The van der Waals surface area contributed by atoms with Gasteiger partial charge in [-0.15, -0.1) is 11.3 Å². The van der Waals surface area contributed by atoms with Crippen molar-refractivity contribution in [3.63, 3.8) is 0 Å². The van der Waals surface area contributed by atoms with Crippen molar-refractivity contribution in [2.24, 2.45) is 11.3 Å². The van der Waals surface area contributed by atoms with Crippen molar-refractivity contribution in [3.8, 4) is 0 Å². The number of aryl methyl sites for hydroxylation is 1. The molecule has 3 fully saturated rings. The molecule has 1 aliphatic heterocycles. The molecule has 2 heterocycles. The predicted molar refractivity (Wildman–Crippen MR) is 89.4 cm³/mol. The Morgan fingerprint density at radius 2 is 2.30 bits per heavy atom. The normalized spacial score (nSPS) is 30.9. The summed E-state index contributed by atoms with van der Waals surface area (Å²) in [5.74, 6) is 0.519. The number of aromatic nitrogens is 1. The van der Waals surface area contributed by atoms with Crippen molar-refractivity contribution < 1.29 is 9.53 Å². The highest BCUT2D eigenvalue weighted by Gasteiger charge is 2.65. The topological polar surface area (TPSA) is 63.2 Å². The van der Waals surface area contributed by atoms with Crippen molar-refractivity contribution in [1.82, 2.24) is 15.6 Å². The van der Waals surface area contributed by atoms with Gasteiger partial charge in [0.25, 0.3) is 0 Å². The van der Waals surface area contributed by atoms with E-state index in [1.54, 1.807) is 11.3 Å². The summed E-state index contributed by atoms with van der Waals surface area (Å²) in [5, 5.41) is 7.21. The van der Waals surface area contributed by atoms with Gasteiger partial charge in [-0.1, -0.05) is 19.8 Å². The predicted octanol–water partition coefficient (Wildman–Crippen LogP) is 2.85. The second-order valence-electron chi connectivity index (χ2n) is 7.06. The first-order valence-corrected chi connectivity index (χ1v) is 9.64. The molecule has 6 heteroatoms. The monoisotopic (exact) mass is 335 g/mol. The van der Waals surface area contributed by atoms with Crippen LogP contribution in [0.5, 0.6) is 0 Å². The van der Waals surface area contributed by atoms with Gasteiger partial charge in [0.1, 0.15) is 5.01 Å². The summed E-state index contributed by atoms with van der Waals surface area (Å²) in [4.78, 5) is 18.0. The number of hydrogen-bond acceptors (Lipinski definition) is 4. The van der Waals surface area contributed by atoms with E-state index in [1.165, 1.54) is 30.6 Å². The van der Waals surface area contributed by atoms with E-state index < -0.39 is 0 Å². The van der Waals surface area contributed by atoms with E-state index in [4.69, 9.17) is 4.74 Å². The maximum Gasteiger partial charge on any atom is 0.315 e. The van der Waals surface area contributed by atoms with E-state index in [1.807, 2.05) is 6.20 Å². The average Bonchev–Trinajstić information content (AvgIpc) is 3.29. The summed E-state index contributed by atoms with van der Waals surface area (Å²) in [5.41, 5.74) is 0.217. The highest BCUT2D eigenvalue weighted by molar-refractivity contribution is 7.11. The highest BCUT2D eigenvalue weighted by Crippen LogP contribution is 2.60. The first-order chi connectivity index (χ1) is 11.2. The third-order valence-electron chi connectivity index (χ3n) is 5.92. The Morgan fingerprint density at radius 3 is 3.04 bits per heavy atom. The minimum absolute atomic E-state index is 0.0557. The number of carbonyl (C=O) groups is 1. The van der Waals surface area contributed by atoms with Gasteiger partial charge in [0, 0.05) is 35.1 Å². The van der Waals surface area contributed by atoms with E-state index in [-0.39, 0.29) is 11.4 Å². The van der Waals surface area contributed by atoms with Crippen LogP contribution in [0.15, 0.2) is 6.20 Å². The Morgan fingerprint density at radius 1 is 1.48 bits per heavy atom. The van der Waals surface area contributed by atoms with E-state index in [0.717, 1.165) is 24.5 Å². The van der Waals surface area contributed by atoms with Crippen molar-refractivity contribution in [2.45, 2.75) is 64.1 Å². The summed E-state index contributed by atoms with van der Waals surface area (Å²) in [7, 11) is 0. The molecule has 3 aliphatic rings. The molecule has 5 nitrogen and oxygen atoms in total. The maximum atomic E-state index is 12.3. The van der Waals surface area contributed by atoms with Gasteiger partial charge in [-0.05, 0) is 25.7 Å². The molecule has 0 unspecified atom stereocenters. The third-order valence-corrected chi connectivity index (χ3v) is 7.06. The molecule has 3 atom stereocenters. The molecular weight excluding hydrogens is 310 g/mol. The highest BCUT2D eigenvalue weighted by atomic mass is 32.1. The molecule has 0 aromatic carbocycles. The summed E-state index contributed by atoms with van der Waals surface area (Å²) >= 11 is 1.67. The fourth-order valence-corrected chi connectivity index (χ4v) is 5.65. The van der Waals surface area contributed by atoms with Gasteiger partial charge in [-0.2, -0.15) is 0 Å². The summed E-state index contributed by atoms with van der Waals surface area (Å²) in [6.07, 6.45) is 9.31. The maximum absolute atomic E-state index is 12.3. The summed E-state index contributed by atoms with van der Waals surface area (Å²) < 4.78 is 5.97. The van der Waals surface area contributed by atoms with Gasteiger partial charge >= 0.3 is 6.03 Å². The molecule has 1 aromatic rings. The van der Waals surface area contributed by atoms with Crippen LogP contribution in [-0.4, -0.2) is 29.8 Å². The molecule has 2 N–H and O–H groups in total. The molecule has 2 saturated carbocycles. The van der Waals surface area contributed by atoms with Crippen molar-refractivity contribution >= 4 is 17.4 Å². The van der Waals surface area contributed by atoms with Gasteiger partial charge in [0.05, 0.1) is 12.6 Å². The molecule has 23 heavy (non-hydrogen) atoms. The Labute approximate surface area is 141 Å². The van der Waals surface area contributed by atoms with Gasteiger partial charge in [0.15, 0.2) is 0 Å². The molecule has 0 radical (unpaired) electrons. The zero-order valence-electron chi connectivity index (χ0n) is 13.6. The summed E-state index contributed by atoms with van der Waals surface area (Å²) in [6.45, 7) is 3.49. The van der Waals surface area contributed by atoms with Gasteiger partial charge in [0.2, 0.25) is 0 Å². The Bertz CT molecular complexity index is 582. The number of urea groups is 1. The number of nitrogens with one attached hydrogen (secondary N) is 2. The zero-order valence-corrected chi connectivity index (χ0v) is 14.5. The number of hydrogen-bond donors (Lipinski definition) is 2. The second kappa shape index (κ2) is 6.06. The average molecular weight is 335 g/mol. The van der Waals surface area contributed by atoms with E-state index in [9.17, 15) is 4.79 Å². The van der Waals surface area contributed by atoms with Crippen LogP contribution >= 0.6 is 11.3 Å². The molecule has 0 bridgehead atoms. The molecule has 1 saturated heterocycles. The molecule has 4 rings (SSSR count). The van der Waals surface area contributed by atoms with E-state index in [0.29, 0.717) is 24.6 Å². The second-order valence-corrected chi connectivity index (χ2v) is 8.26. The number of ether oxygens (including phenoxy) is 1. The van der Waals surface area contributed by atoms with Crippen LogP contribution < -0.4 is 10.6 Å². The SMILES string of the molecule is CCc1cnc(CNC(=O)N[C@@H]2[C@H]3CCO[C@H]3C23CCCC3)s1. The first kappa shape index (κ1) is 15.4. The standard InChI is InChI=1S/C17H25N3O2S/c1-2-11-9-18-13(23-11)10-19-16(21)20-14-12-5-8-22-15(12)17(14)6-3-4-7-17/h9,12,14-15H,2-8,10H2,1H3,(H2,19,20,21)/t12-,14-,15-/m1/s1. The fraction of sp³-hybridized carbons (Fsp3) is 0.765. The lowest BCUT2D eigenvalue weighted by Crippen LogP contribution is -2.69. The van der Waals surface area contributed by atoms with Crippen LogP contribution in [0.4, 0.5) is 4.79 Å². The van der Waals surface area contributed by atoms with Crippen molar-refractivity contribution in [3.05, 3.63) is 16.1 Å². The molecule has 126 valence electrons. The number of thiazole rings is 1. The fourth-order valence-electron chi connectivity index (χ4n) is 4.85. The van der Waals surface area contributed by atoms with Crippen LogP contribution in [0.3, 0.4) is 0 Å². The lowest BCUT2D eigenvalue weighted by molar-refractivity contribution is -0.126. The quantitative estimate of drug-likeness (QED) is 0.889. The van der Waals surface area contributed by atoms with Gasteiger partial charge < -0.3 is 15.4 Å². The Kier molecular flexibility index (Phi) is 4.05. The minimum atomic E-state index is -0.0557. The lowest BCUT2D eigenvalue weighted by atomic mass is 9.54. The van der Waals surface area contributed by atoms with E-state index in [2.05, 4.69) is 22.5 Å². The largest absolute Gasteiger partial charge is 0.377 e. The number of rotatable bonds is 4. The first-order valence-electron chi connectivity index (χ1n) is 8.82. The molecule has 2 amide bonds. The minimum Gasteiger partial charge on any atom is -0.377 e. The van der Waals surface area contributed by atoms with Crippen LogP contribution in [0, 0.1) is 11.3 Å². The third kappa shape index (κ3) is 2.56. The number of fused-ring (bicyclic) bond motifs is 2. The summed E-state index contributed by atoms with van der Waals surface area (Å²) in [6, 6.07) is 0.236. The van der Waals surface area contributed by atoms with Crippen LogP contribution in [0.1, 0.15) is 48.9 Å². The van der Waals surface area contributed by atoms with Crippen molar-refractivity contribution in [2.75, 3.05) is 6.61 Å². The van der Waals surface area contributed by atoms with E-state index >= 15 is 0 Å². The zero-order chi connectivity index (χ0) is 15.9. The van der Waals surface area contributed by atoms with Gasteiger partial charge in [-0.25, -0.2) is 9.78 Å². The number of amides is 2. The Hall–Kier alpha value is -1.14. The molecule has 2 aliphatic carbocycles. The Balaban J connectivity index is 1.34. The van der Waals surface area contributed by atoms with Crippen LogP contribution in [0.25, 0.3) is 0 Å². The lowest BCUT2D eigenvalue weighted by Gasteiger charge is -2.56. The molecule has 1 aromatic heterocycles. The van der Waals surface area contributed by atoms with Crippen LogP contribution in [0.2, 0.25) is 0 Å². The molecule has 1 spiro atoms. The number of nitrogens with zero attached hydrogens (tertiary/aromatic N) is 1.